The molecule has 1 heterocycles. The molecule has 0 saturated carbocycles. The van der Waals surface area contributed by atoms with E-state index in [1.807, 2.05) is 13.8 Å². The topological polar surface area (TPSA) is 42.2 Å². The van der Waals surface area contributed by atoms with Crippen molar-refractivity contribution >= 4 is 11.6 Å². The van der Waals surface area contributed by atoms with E-state index in [2.05, 4.69) is 6.07 Å². The van der Waals surface area contributed by atoms with Crippen molar-refractivity contribution in [3.8, 4) is 11.8 Å². The Morgan fingerprint density at radius 1 is 1.33 bits per heavy atom. The highest BCUT2D eigenvalue weighted by molar-refractivity contribution is 6.30. The van der Waals surface area contributed by atoms with Crippen molar-refractivity contribution in [3.63, 3.8) is 0 Å². The van der Waals surface area contributed by atoms with Crippen LogP contribution in [0.25, 0.3) is 0 Å². The fourth-order valence-electron chi connectivity index (χ4n) is 2.31. The Morgan fingerprint density at radius 3 is 2.61 bits per heavy atom. The first-order chi connectivity index (χ1) is 8.58. The van der Waals surface area contributed by atoms with Crippen LogP contribution in [0.5, 0.6) is 5.75 Å². The molecule has 0 aliphatic carbocycles. The van der Waals surface area contributed by atoms with Crippen LogP contribution in [0.15, 0.2) is 18.2 Å². The third-order valence-corrected chi connectivity index (χ3v) is 3.25. The molecule has 0 radical (unpaired) electrons. The maximum atomic E-state index is 9.06. The van der Waals surface area contributed by atoms with Crippen LogP contribution in [0.1, 0.15) is 32.3 Å². The van der Waals surface area contributed by atoms with Gasteiger partial charge in [-0.15, -0.1) is 0 Å². The molecule has 0 bridgehead atoms. The monoisotopic (exact) mass is 265 g/mol. The Kier molecular flexibility index (Phi) is 4.11. The zero-order chi connectivity index (χ0) is 13.1. The molecule has 1 aromatic carbocycles. The highest BCUT2D eigenvalue weighted by Crippen LogP contribution is 2.27. The van der Waals surface area contributed by atoms with E-state index in [0.29, 0.717) is 16.3 Å². The highest BCUT2D eigenvalue weighted by atomic mass is 35.5. The van der Waals surface area contributed by atoms with Gasteiger partial charge in [-0.25, -0.2) is 0 Å². The molecule has 0 aromatic heterocycles. The summed E-state index contributed by atoms with van der Waals surface area (Å²) in [5.74, 6) is 0.605. The van der Waals surface area contributed by atoms with Crippen molar-refractivity contribution < 1.29 is 9.47 Å². The SMILES string of the molecule is CC1CC(Oc2ccc(Cl)cc2C#N)CC(C)O1. The van der Waals surface area contributed by atoms with Gasteiger partial charge in [0.2, 0.25) is 0 Å². The number of benzene rings is 1. The van der Waals surface area contributed by atoms with E-state index in [1.54, 1.807) is 18.2 Å². The molecule has 1 saturated heterocycles. The molecule has 2 unspecified atom stereocenters. The third kappa shape index (κ3) is 3.16. The first-order valence-corrected chi connectivity index (χ1v) is 6.48. The molecule has 1 aliphatic rings. The summed E-state index contributed by atoms with van der Waals surface area (Å²) < 4.78 is 11.6. The molecular formula is C14H16ClNO2. The molecule has 1 aromatic rings. The van der Waals surface area contributed by atoms with Crippen LogP contribution in [-0.2, 0) is 4.74 Å². The number of nitrogens with zero attached hydrogens (tertiary/aromatic N) is 1. The predicted molar refractivity (Wildman–Crippen MR) is 69.8 cm³/mol. The number of ether oxygens (including phenoxy) is 2. The van der Waals surface area contributed by atoms with Gasteiger partial charge in [0.25, 0.3) is 0 Å². The third-order valence-electron chi connectivity index (χ3n) is 3.01. The smallest absolute Gasteiger partial charge is 0.137 e. The van der Waals surface area contributed by atoms with Crippen molar-refractivity contribution in [2.24, 2.45) is 0 Å². The Labute approximate surface area is 112 Å². The van der Waals surface area contributed by atoms with E-state index in [9.17, 15) is 0 Å². The van der Waals surface area contributed by atoms with E-state index >= 15 is 0 Å². The van der Waals surface area contributed by atoms with Crippen LogP contribution in [0.4, 0.5) is 0 Å². The Balaban J connectivity index is 2.12. The lowest BCUT2D eigenvalue weighted by Gasteiger charge is -2.32. The van der Waals surface area contributed by atoms with Gasteiger partial charge in [0.15, 0.2) is 0 Å². The van der Waals surface area contributed by atoms with Gasteiger partial charge < -0.3 is 9.47 Å². The van der Waals surface area contributed by atoms with E-state index in [0.717, 1.165) is 12.8 Å². The summed E-state index contributed by atoms with van der Waals surface area (Å²) in [6.45, 7) is 4.08. The summed E-state index contributed by atoms with van der Waals surface area (Å²) in [6.07, 6.45) is 2.17. The fraction of sp³-hybridized carbons (Fsp3) is 0.500. The standard InChI is InChI=1S/C14H16ClNO2/c1-9-5-13(6-10(2)17-9)18-14-4-3-12(15)7-11(14)8-16/h3-4,7,9-10,13H,5-6H2,1-2H3. The molecule has 0 amide bonds. The van der Waals surface area contributed by atoms with Gasteiger partial charge in [-0.1, -0.05) is 11.6 Å². The second kappa shape index (κ2) is 5.60. The predicted octanol–water partition coefficient (Wildman–Crippen LogP) is 3.55. The molecular weight excluding hydrogens is 250 g/mol. The number of hydrogen-bond acceptors (Lipinski definition) is 3. The normalized spacial score (nSPS) is 27.6. The summed E-state index contributed by atoms with van der Waals surface area (Å²) in [6, 6.07) is 7.23. The largest absolute Gasteiger partial charge is 0.489 e. The summed E-state index contributed by atoms with van der Waals surface area (Å²) in [5.41, 5.74) is 0.481. The number of rotatable bonds is 2. The molecule has 18 heavy (non-hydrogen) atoms. The second-order valence-electron chi connectivity index (χ2n) is 4.72. The average molecular weight is 266 g/mol. The minimum atomic E-state index is 0.0945. The van der Waals surface area contributed by atoms with Gasteiger partial charge in [-0.2, -0.15) is 5.26 Å². The lowest BCUT2D eigenvalue weighted by Crippen LogP contribution is -2.35. The lowest BCUT2D eigenvalue weighted by molar-refractivity contribution is -0.0721. The molecule has 2 rings (SSSR count). The maximum Gasteiger partial charge on any atom is 0.137 e. The van der Waals surface area contributed by atoms with Crippen molar-refractivity contribution in [1.29, 1.82) is 5.26 Å². The van der Waals surface area contributed by atoms with Crippen LogP contribution >= 0.6 is 11.6 Å². The molecule has 1 fully saturated rings. The number of hydrogen-bond donors (Lipinski definition) is 0. The quantitative estimate of drug-likeness (QED) is 0.821. The van der Waals surface area contributed by atoms with Crippen molar-refractivity contribution in [3.05, 3.63) is 28.8 Å². The Hall–Kier alpha value is -1.24. The summed E-state index contributed by atoms with van der Waals surface area (Å²) in [7, 11) is 0. The number of nitriles is 1. The average Bonchev–Trinajstić information content (AvgIpc) is 2.30. The summed E-state index contributed by atoms with van der Waals surface area (Å²) >= 11 is 5.86. The van der Waals surface area contributed by atoms with Crippen molar-refractivity contribution in [2.45, 2.75) is 45.0 Å². The van der Waals surface area contributed by atoms with E-state index in [4.69, 9.17) is 26.3 Å². The van der Waals surface area contributed by atoms with E-state index in [1.165, 1.54) is 0 Å². The van der Waals surface area contributed by atoms with Gasteiger partial charge in [-0.3, -0.25) is 0 Å². The number of halogens is 1. The molecule has 3 nitrogen and oxygen atoms in total. The molecule has 96 valence electrons. The van der Waals surface area contributed by atoms with Crippen LogP contribution in [0.2, 0.25) is 5.02 Å². The lowest BCUT2D eigenvalue weighted by atomic mass is 10.0. The van der Waals surface area contributed by atoms with Crippen LogP contribution in [-0.4, -0.2) is 18.3 Å². The van der Waals surface area contributed by atoms with Crippen LogP contribution < -0.4 is 4.74 Å². The minimum absolute atomic E-state index is 0.0945. The first kappa shape index (κ1) is 13.2. The zero-order valence-electron chi connectivity index (χ0n) is 10.5. The van der Waals surface area contributed by atoms with Crippen LogP contribution in [0, 0.1) is 11.3 Å². The first-order valence-electron chi connectivity index (χ1n) is 6.10. The molecule has 4 heteroatoms. The summed E-state index contributed by atoms with van der Waals surface area (Å²) in [5, 5.41) is 9.61. The Morgan fingerprint density at radius 2 is 2.00 bits per heavy atom. The van der Waals surface area contributed by atoms with Gasteiger partial charge in [-0.05, 0) is 32.0 Å². The highest BCUT2D eigenvalue weighted by Gasteiger charge is 2.26. The summed E-state index contributed by atoms with van der Waals surface area (Å²) in [4.78, 5) is 0. The van der Waals surface area contributed by atoms with Gasteiger partial charge in [0.05, 0.1) is 17.8 Å². The van der Waals surface area contributed by atoms with Crippen LogP contribution in [0.3, 0.4) is 0 Å². The molecule has 0 spiro atoms. The molecule has 1 aliphatic heterocycles. The Bertz CT molecular complexity index is 459. The maximum absolute atomic E-state index is 9.06. The van der Waals surface area contributed by atoms with E-state index in [-0.39, 0.29) is 18.3 Å². The molecule has 0 N–H and O–H groups in total. The fourth-order valence-corrected chi connectivity index (χ4v) is 2.48. The van der Waals surface area contributed by atoms with Gasteiger partial charge in [0, 0.05) is 17.9 Å². The van der Waals surface area contributed by atoms with E-state index < -0.39 is 0 Å². The minimum Gasteiger partial charge on any atom is -0.489 e. The molecule has 2 atom stereocenters. The van der Waals surface area contributed by atoms with Gasteiger partial charge >= 0.3 is 0 Å². The van der Waals surface area contributed by atoms with Crippen molar-refractivity contribution in [2.75, 3.05) is 0 Å². The zero-order valence-corrected chi connectivity index (χ0v) is 11.3. The second-order valence-corrected chi connectivity index (χ2v) is 5.16. The van der Waals surface area contributed by atoms with Gasteiger partial charge in [0.1, 0.15) is 17.9 Å². The van der Waals surface area contributed by atoms with Crippen molar-refractivity contribution in [1.82, 2.24) is 0 Å².